The second-order valence-electron chi connectivity index (χ2n) is 8.15. The van der Waals surface area contributed by atoms with Crippen LogP contribution in [0.4, 0.5) is 0 Å². The minimum atomic E-state index is 0.895. The molecule has 0 N–H and O–H groups in total. The van der Waals surface area contributed by atoms with Gasteiger partial charge in [-0.15, -0.1) is 0 Å². The summed E-state index contributed by atoms with van der Waals surface area (Å²) in [5, 5.41) is 0. The Morgan fingerprint density at radius 1 is 0.895 bits per heavy atom. The maximum absolute atomic E-state index is 2.49. The third-order valence-electron chi connectivity index (χ3n) is 5.87. The first-order valence-electron chi connectivity index (χ1n) is 9.15. The molecule has 0 aromatic rings. The van der Waals surface area contributed by atoms with E-state index >= 15 is 0 Å². The molecule has 2 saturated carbocycles. The summed E-state index contributed by atoms with van der Waals surface area (Å²) < 4.78 is 0. The van der Waals surface area contributed by atoms with Crippen molar-refractivity contribution in [1.82, 2.24) is 0 Å². The minimum absolute atomic E-state index is 0.895. The van der Waals surface area contributed by atoms with E-state index < -0.39 is 0 Å². The summed E-state index contributed by atoms with van der Waals surface area (Å²) in [6.07, 6.45) is 16.8. The Kier molecular flexibility index (Phi) is 6.23. The predicted octanol–water partition coefficient (Wildman–Crippen LogP) is 6.45. The van der Waals surface area contributed by atoms with E-state index in [0.717, 1.165) is 29.6 Å². The maximum Gasteiger partial charge on any atom is -0.0383 e. The van der Waals surface area contributed by atoms with Gasteiger partial charge in [0.05, 0.1) is 0 Å². The second-order valence-corrected chi connectivity index (χ2v) is 8.15. The molecule has 2 rings (SSSR count). The molecule has 3 unspecified atom stereocenters. The fraction of sp³-hybridized carbons (Fsp3) is 1.00. The molecule has 2 fully saturated rings. The normalized spacial score (nSPS) is 30.9. The van der Waals surface area contributed by atoms with E-state index in [9.17, 15) is 0 Å². The van der Waals surface area contributed by atoms with Crippen LogP contribution in [0.2, 0.25) is 0 Å². The van der Waals surface area contributed by atoms with Gasteiger partial charge in [-0.1, -0.05) is 72.1 Å². The van der Waals surface area contributed by atoms with Crippen LogP contribution in [0.1, 0.15) is 91.4 Å². The summed E-state index contributed by atoms with van der Waals surface area (Å²) in [6.45, 7) is 7.29. The van der Waals surface area contributed by atoms with Crippen molar-refractivity contribution >= 4 is 0 Å². The highest BCUT2D eigenvalue weighted by molar-refractivity contribution is 4.80. The van der Waals surface area contributed by atoms with Gasteiger partial charge < -0.3 is 0 Å². The van der Waals surface area contributed by atoms with Gasteiger partial charge in [-0.2, -0.15) is 0 Å². The highest BCUT2D eigenvalue weighted by Gasteiger charge is 2.29. The summed E-state index contributed by atoms with van der Waals surface area (Å²) in [5.74, 6) is 5.13. The van der Waals surface area contributed by atoms with Crippen LogP contribution in [0.15, 0.2) is 0 Å². The molecule has 0 radical (unpaired) electrons. The Bertz CT molecular complexity index is 236. The summed E-state index contributed by atoms with van der Waals surface area (Å²) in [4.78, 5) is 0. The molecule has 0 bridgehead atoms. The summed E-state index contributed by atoms with van der Waals surface area (Å²) >= 11 is 0. The standard InChI is InChI=1S/C19H36/c1-15(2)11-12-19(14-17-8-4-5-9-17)18-10-6-7-16(3)13-18/h15-19H,4-14H2,1-3H3. The maximum atomic E-state index is 2.49. The Hall–Kier alpha value is 0. The number of hydrogen-bond donors (Lipinski definition) is 0. The lowest BCUT2D eigenvalue weighted by molar-refractivity contribution is 0.163. The molecule has 0 heteroatoms. The molecule has 0 saturated heterocycles. The Labute approximate surface area is 121 Å². The molecule has 2 aliphatic rings. The molecule has 0 aromatic heterocycles. The van der Waals surface area contributed by atoms with E-state index in [0.29, 0.717) is 0 Å². The van der Waals surface area contributed by atoms with Gasteiger partial charge in [0.2, 0.25) is 0 Å². The zero-order valence-corrected chi connectivity index (χ0v) is 13.7. The number of rotatable bonds is 6. The van der Waals surface area contributed by atoms with E-state index in [1.54, 1.807) is 25.7 Å². The van der Waals surface area contributed by atoms with Crippen molar-refractivity contribution in [2.45, 2.75) is 91.4 Å². The quantitative estimate of drug-likeness (QED) is 0.517. The zero-order valence-electron chi connectivity index (χ0n) is 13.7. The third-order valence-corrected chi connectivity index (χ3v) is 5.87. The van der Waals surface area contributed by atoms with Crippen LogP contribution < -0.4 is 0 Å². The monoisotopic (exact) mass is 264 g/mol. The van der Waals surface area contributed by atoms with Crippen molar-refractivity contribution in [3.8, 4) is 0 Å². The molecule has 0 spiro atoms. The van der Waals surface area contributed by atoms with Crippen LogP contribution in [-0.2, 0) is 0 Å². The molecule has 0 nitrogen and oxygen atoms in total. The SMILES string of the molecule is CC(C)CCC(CC1CCCC1)C1CCCC(C)C1. The fourth-order valence-corrected chi connectivity index (χ4v) is 4.68. The van der Waals surface area contributed by atoms with Gasteiger partial charge in [0.1, 0.15) is 0 Å². The van der Waals surface area contributed by atoms with Crippen molar-refractivity contribution in [3.05, 3.63) is 0 Å². The lowest BCUT2D eigenvalue weighted by Crippen LogP contribution is -2.24. The van der Waals surface area contributed by atoms with Gasteiger partial charge in [-0.3, -0.25) is 0 Å². The van der Waals surface area contributed by atoms with Crippen molar-refractivity contribution in [1.29, 1.82) is 0 Å². The predicted molar refractivity (Wildman–Crippen MR) is 85.3 cm³/mol. The van der Waals surface area contributed by atoms with E-state index in [1.807, 2.05) is 0 Å². The van der Waals surface area contributed by atoms with Crippen molar-refractivity contribution < 1.29 is 0 Å². The van der Waals surface area contributed by atoms with E-state index in [2.05, 4.69) is 20.8 Å². The molecule has 19 heavy (non-hydrogen) atoms. The average Bonchev–Trinajstić information content (AvgIpc) is 2.87. The Morgan fingerprint density at radius 2 is 1.63 bits per heavy atom. The van der Waals surface area contributed by atoms with Gasteiger partial charge >= 0.3 is 0 Å². The van der Waals surface area contributed by atoms with Crippen LogP contribution in [0.5, 0.6) is 0 Å². The van der Waals surface area contributed by atoms with Crippen LogP contribution in [-0.4, -0.2) is 0 Å². The minimum Gasteiger partial charge on any atom is -0.0628 e. The lowest BCUT2D eigenvalue weighted by Gasteiger charge is -2.35. The van der Waals surface area contributed by atoms with Gasteiger partial charge in [0.15, 0.2) is 0 Å². The topological polar surface area (TPSA) is 0 Å². The van der Waals surface area contributed by atoms with E-state index in [-0.39, 0.29) is 0 Å². The summed E-state index contributed by atoms with van der Waals surface area (Å²) in [5.41, 5.74) is 0. The first-order valence-corrected chi connectivity index (χ1v) is 9.15. The zero-order chi connectivity index (χ0) is 13.7. The first kappa shape index (κ1) is 15.4. The number of hydrogen-bond acceptors (Lipinski definition) is 0. The first-order chi connectivity index (χ1) is 9.15. The molecular formula is C19H36. The van der Waals surface area contributed by atoms with Crippen molar-refractivity contribution in [3.63, 3.8) is 0 Å². The third kappa shape index (κ3) is 5.12. The molecular weight excluding hydrogens is 228 g/mol. The van der Waals surface area contributed by atoms with Gasteiger partial charge in [0.25, 0.3) is 0 Å². The van der Waals surface area contributed by atoms with Gasteiger partial charge in [-0.25, -0.2) is 0 Å². The molecule has 0 heterocycles. The largest absolute Gasteiger partial charge is 0.0628 e. The molecule has 0 amide bonds. The van der Waals surface area contributed by atoms with E-state index in [4.69, 9.17) is 0 Å². The molecule has 2 aliphatic carbocycles. The van der Waals surface area contributed by atoms with Crippen LogP contribution >= 0.6 is 0 Å². The summed E-state index contributed by atoms with van der Waals surface area (Å²) in [6, 6.07) is 0. The molecule has 0 aliphatic heterocycles. The molecule has 0 aromatic carbocycles. The average molecular weight is 264 g/mol. The van der Waals surface area contributed by atoms with Gasteiger partial charge in [-0.05, 0) is 48.9 Å². The Balaban J connectivity index is 1.87. The molecule has 112 valence electrons. The van der Waals surface area contributed by atoms with Crippen molar-refractivity contribution in [2.75, 3.05) is 0 Å². The van der Waals surface area contributed by atoms with Crippen molar-refractivity contribution in [2.24, 2.45) is 29.6 Å². The highest BCUT2D eigenvalue weighted by Crippen LogP contribution is 2.41. The Morgan fingerprint density at radius 3 is 2.26 bits per heavy atom. The second kappa shape index (κ2) is 7.70. The fourth-order valence-electron chi connectivity index (χ4n) is 4.68. The highest BCUT2D eigenvalue weighted by atomic mass is 14.3. The van der Waals surface area contributed by atoms with Crippen LogP contribution in [0, 0.1) is 29.6 Å². The lowest BCUT2D eigenvalue weighted by atomic mass is 9.71. The van der Waals surface area contributed by atoms with Crippen LogP contribution in [0.25, 0.3) is 0 Å². The van der Waals surface area contributed by atoms with E-state index in [1.165, 1.54) is 44.9 Å². The molecule has 3 atom stereocenters. The summed E-state index contributed by atoms with van der Waals surface area (Å²) in [7, 11) is 0. The smallest absolute Gasteiger partial charge is 0.0383 e. The van der Waals surface area contributed by atoms with Crippen LogP contribution in [0.3, 0.4) is 0 Å². The van der Waals surface area contributed by atoms with Gasteiger partial charge in [0, 0.05) is 0 Å².